The standard InChI is InChI=1S/C12H17N5O4/c1-5-8(19)6(3-18)21-11(5)17-4-14-7-9(17)15-12(13)16-10(7)20-2/h4-6,8,11,18-19H,3H2,1-2H3,(H2,13,15,16). The topological polar surface area (TPSA) is 129 Å². The second-order valence-corrected chi connectivity index (χ2v) is 5.01. The van der Waals surface area contributed by atoms with Crippen LogP contribution in [0.25, 0.3) is 11.2 Å². The quantitative estimate of drug-likeness (QED) is 0.678. The molecule has 4 atom stereocenters. The van der Waals surface area contributed by atoms with Crippen molar-refractivity contribution in [1.82, 2.24) is 19.5 Å². The number of aliphatic hydroxyl groups excluding tert-OH is 2. The van der Waals surface area contributed by atoms with Gasteiger partial charge in [0, 0.05) is 5.92 Å². The van der Waals surface area contributed by atoms with E-state index < -0.39 is 18.4 Å². The molecule has 1 fully saturated rings. The van der Waals surface area contributed by atoms with Crippen molar-refractivity contribution in [3.63, 3.8) is 0 Å². The summed E-state index contributed by atoms with van der Waals surface area (Å²) in [7, 11) is 1.47. The molecule has 9 nitrogen and oxygen atoms in total. The van der Waals surface area contributed by atoms with Crippen molar-refractivity contribution in [3.05, 3.63) is 6.33 Å². The number of nitrogens with zero attached hydrogens (tertiary/aromatic N) is 4. The van der Waals surface area contributed by atoms with E-state index in [9.17, 15) is 10.2 Å². The lowest BCUT2D eigenvalue weighted by Crippen LogP contribution is -2.28. The first-order valence-electron chi connectivity index (χ1n) is 6.55. The highest BCUT2D eigenvalue weighted by atomic mass is 16.5. The predicted molar refractivity (Wildman–Crippen MR) is 72.5 cm³/mol. The molecule has 2 aromatic heterocycles. The summed E-state index contributed by atoms with van der Waals surface area (Å²) >= 11 is 0. The zero-order valence-corrected chi connectivity index (χ0v) is 11.7. The molecule has 3 heterocycles. The van der Waals surface area contributed by atoms with Gasteiger partial charge in [-0.15, -0.1) is 0 Å². The van der Waals surface area contributed by atoms with Gasteiger partial charge in [0.05, 0.1) is 26.1 Å². The lowest BCUT2D eigenvalue weighted by atomic mass is 10.0. The zero-order chi connectivity index (χ0) is 15.1. The molecular weight excluding hydrogens is 278 g/mol. The lowest BCUT2D eigenvalue weighted by molar-refractivity contribution is -0.0447. The number of rotatable bonds is 3. The van der Waals surface area contributed by atoms with Crippen LogP contribution in [0.4, 0.5) is 5.95 Å². The number of aliphatic hydroxyl groups is 2. The molecule has 0 aromatic carbocycles. The number of nitrogens with two attached hydrogens (primary N) is 1. The molecule has 0 radical (unpaired) electrons. The summed E-state index contributed by atoms with van der Waals surface area (Å²) in [4.78, 5) is 12.3. The van der Waals surface area contributed by atoms with Crippen LogP contribution in [0.3, 0.4) is 0 Å². The third kappa shape index (κ3) is 2.09. The molecule has 21 heavy (non-hydrogen) atoms. The molecule has 0 aliphatic carbocycles. The SMILES string of the molecule is COc1nc(N)nc2c1ncn2C1OC(CO)C(O)C1C. The molecule has 0 saturated carbocycles. The zero-order valence-electron chi connectivity index (χ0n) is 11.7. The molecule has 0 bridgehead atoms. The Bertz CT molecular complexity index is 660. The number of anilines is 1. The summed E-state index contributed by atoms with van der Waals surface area (Å²) in [5.74, 6) is 0.105. The van der Waals surface area contributed by atoms with Crippen LogP contribution in [0, 0.1) is 5.92 Å². The summed E-state index contributed by atoms with van der Waals surface area (Å²) in [6.07, 6.45) is -0.363. The van der Waals surface area contributed by atoms with Gasteiger partial charge in [0.25, 0.3) is 0 Å². The summed E-state index contributed by atoms with van der Waals surface area (Å²) in [5, 5.41) is 19.3. The molecule has 0 spiro atoms. The Labute approximate surface area is 120 Å². The van der Waals surface area contributed by atoms with Gasteiger partial charge in [0.1, 0.15) is 12.3 Å². The Morgan fingerprint density at radius 1 is 1.48 bits per heavy atom. The molecule has 4 unspecified atom stereocenters. The Balaban J connectivity index is 2.07. The number of hydrogen-bond donors (Lipinski definition) is 3. The number of hydrogen-bond acceptors (Lipinski definition) is 8. The van der Waals surface area contributed by atoms with E-state index in [1.807, 2.05) is 6.92 Å². The highest BCUT2D eigenvalue weighted by molar-refractivity contribution is 5.77. The third-order valence-corrected chi connectivity index (χ3v) is 3.74. The summed E-state index contributed by atoms with van der Waals surface area (Å²) < 4.78 is 12.5. The first-order valence-corrected chi connectivity index (χ1v) is 6.55. The molecule has 1 aliphatic heterocycles. The van der Waals surface area contributed by atoms with E-state index in [-0.39, 0.29) is 24.4 Å². The van der Waals surface area contributed by atoms with Crippen molar-refractivity contribution in [1.29, 1.82) is 0 Å². The molecule has 1 aliphatic rings. The molecular formula is C12H17N5O4. The fraction of sp³-hybridized carbons (Fsp3) is 0.583. The molecule has 1 saturated heterocycles. The molecule has 0 amide bonds. The van der Waals surface area contributed by atoms with Crippen molar-refractivity contribution in [3.8, 4) is 5.88 Å². The average molecular weight is 295 g/mol. The van der Waals surface area contributed by atoms with Crippen LogP contribution in [0.5, 0.6) is 5.88 Å². The second kappa shape index (κ2) is 5.10. The van der Waals surface area contributed by atoms with Crippen LogP contribution in [0.15, 0.2) is 6.33 Å². The van der Waals surface area contributed by atoms with Gasteiger partial charge in [-0.1, -0.05) is 6.92 Å². The van der Waals surface area contributed by atoms with Gasteiger partial charge >= 0.3 is 0 Å². The fourth-order valence-corrected chi connectivity index (χ4v) is 2.60. The number of ether oxygens (including phenoxy) is 2. The van der Waals surface area contributed by atoms with Crippen molar-refractivity contribution < 1.29 is 19.7 Å². The number of methoxy groups -OCH3 is 1. The summed E-state index contributed by atoms with van der Waals surface area (Å²) in [6, 6.07) is 0. The summed E-state index contributed by atoms with van der Waals surface area (Å²) in [5.41, 5.74) is 6.59. The maximum atomic E-state index is 10.1. The van der Waals surface area contributed by atoms with Crippen LogP contribution in [0.2, 0.25) is 0 Å². The van der Waals surface area contributed by atoms with Gasteiger partial charge in [-0.05, 0) is 0 Å². The average Bonchev–Trinajstić information content (AvgIpc) is 3.01. The van der Waals surface area contributed by atoms with Crippen LogP contribution in [-0.4, -0.2) is 55.7 Å². The molecule has 9 heteroatoms. The van der Waals surface area contributed by atoms with E-state index in [4.69, 9.17) is 15.2 Å². The first-order chi connectivity index (χ1) is 10.1. The first kappa shape index (κ1) is 14.0. The van der Waals surface area contributed by atoms with Gasteiger partial charge in [0.2, 0.25) is 11.8 Å². The van der Waals surface area contributed by atoms with Gasteiger partial charge in [0.15, 0.2) is 11.2 Å². The van der Waals surface area contributed by atoms with E-state index >= 15 is 0 Å². The molecule has 3 rings (SSSR count). The Hall–Kier alpha value is -1.97. The minimum Gasteiger partial charge on any atom is -0.479 e. The molecule has 114 valence electrons. The third-order valence-electron chi connectivity index (χ3n) is 3.74. The van der Waals surface area contributed by atoms with Gasteiger partial charge in [-0.25, -0.2) is 4.98 Å². The fourth-order valence-electron chi connectivity index (χ4n) is 2.60. The van der Waals surface area contributed by atoms with E-state index in [2.05, 4.69) is 15.0 Å². The Kier molecular flexibility index (Phi) is 3.40. The minimum absolute atomic E-state index is 0.0611. The summed E-state index contributed by atoms with van der Waals surface area (Å²) in [6.45, 7) is 1.58. The van der Waals surface area contributed by atoms with Gasteiger partial charge in [-0.3, -0.25) is 4.57 Å². The Morgan fingerprint density at radius 3 is 2.86 bits per heavy atom. The maximum absolute atomic E-state index is 10.1. The van der Waals surface area contributed by atoms with Crippen LogP contribution >= 0.6 is 0 Å². The van der Waals surface area contributed by atoms with E-state index in [1.165, 1.54) is 13.4 Å². The van der Waals surface area contributed by atoms with E-state index in [0.717, 1.165) is 0 Å². The van der Waals surface area contributed by atoms with Crippen LogP contribution < -0.4 is 10.5 Å². The predicted octanol–water partition coefficient (Wildman–Crippen LogP) is -0.696. The second-order valence-electron chi connectivity index (χ2n) is 5.01. The van der Waals surface area contributed by atoms with E-state index in [1.54, 1.807) is 4.57 Å². The Morgan fingerprint density at radius 2 is 2.24 bits per heavy atom. The van der Waals surface area contributed by atoms with Crippen LogP contribution in [-0.2, 0) is 4.74 Å². The van der Waals surface area contributed by atoms with Crippen molar-refractivity contribution in [2.45, 2.75) is 25.4 Å². The maximum Gasteiger partial charge on any atom is 0.246 e. The van der Waals surface area contributed by atoms with Crippen LogP contribution in [0.1, 0.15) is 13.2 Å². The number of aromatic nitrogens is 4. The van der Waals surface area contributed by atoms with E-state index in [0.29, 0.717) is 11.2 Å². The van der Waals surface area contributed by atoms with Crippen molar-refractivity contribution in [2.24, 2.45) is 5.92 Å². The van der Waals surface area contributed by atoms with Gasteiger partial charge in [-0.2, -0.15) is 9.97 Å². The molecule has 2 aromatic rings. The number of imidazole rings is 1. The normalized spacial score (nSPS) is 29.1. The smallest absolute Gasteiger partial charge is 0.246 e. The number of fused-ring (bicyclic) bond motifs is 1. The van der Waals surface area contributed by atoms with Crippen molar-refractivity contribution >= 4 is 17.1 Å². The van der Waals surface area contributed by atoms with Gasteiger partial charge < -0.3 is 25.4 Å². The number of nitrogen functional groups attached to an aromatic ring is 1. The minimum atomic E-state index is -0.765. The molecule has 4 N–H and O–H groups in total. The largest absolute Gasteiger partial charge is 0.479 e. The lowest BCUT2D eigenvalue weighted by Gasteiger charge is -2.17. The van der Waals surface area contributed by atoms with Crippen molar-refractivity contribution in [2.75, 3.05) is 19.5 Å². The monoisotopic (exact) mass is 295 g/mol. The highest BCUT2D eigenvalue weighted by Gasteiger charge is 2.42. The highest BCUT2D eigenvalue weighted by Crippen LogP contribution is 2.36.